The highest BCUT2D eigenvalue weighted by atomic mass is 35.5. The first-order chi connectivity index (χ1) is 9.62. The first kappa shape index (κ1) is 16.7. The third kappa shape index (κ3) is 4.96. The Hall–Kier alpha value is -1.37. The lowest BCUT2D eigenvalue weighted by atomic mass is 10.2. The zero-order chi connectivity index (χ0) is 15.0. The van der Waals surface area contributed by atoms with E-state index in [1.54, 1.807) is 6.07 Å². The molecule has 0 fully saturated rings. The molecule has 1 aromatic rings. The number of rotatable bonds is 8. The number of likely N-dealkylation sites (N-methyl/N-ethyl adjacent to an activating group) is 1. The Morgan fingerprint density at radius 1 is 1.45 bits per heavy atom. The summed E-state index contributed by atoms with van der Waals surface area (Å²) in [5, 5.41) is 3.18. The van der Waals surface area contributed by atoms with Crippen molar-refractivity contribution in [2.45, 2.75) is 20.3 Å². The minimum atomic E-state index is -0.185. The van der Waals surface area contributed by atoms with E-state index in [2.05, 4.69) is 34.5 Å². The quantitative estimate of drug-likeness (QED) is 0.500. The van der Waals surface area contributed by atoms with Crippen LogP contribution in [0.25, 0.3) is 0 Å². The van der Waals surface area contributed by atoms with Crippen molar-refractivity contribution >= 4 is 23.3 Å². The lowest BCUT2D eigenvalue weighted by Gasteiger charge is -2.19. The van der Waals surface area contributed by atoms with Gasteiger partial charge in [0.25, 0.3) is 5.91 Å². The van der Waals surface area contributed by atoms with Gasteiger partial charge < -0.3 is 15.6 Å². The lowest BCUT2D eigenvalue weighted by Crippen LogP contribution is -2.35. The van der Waals surface area contributed by atoms with Crippen molar-refractivity contribution in [3.05, 3.63) is 22.8 Å². The molecule has 0 radical (unpaired) electrons. The fourth-order valence-electron chi connectivity index (χ4n) is 1.84. The maximum Gasteiger partial charge on any atom is 0.252 e. The van der Waals surface area contributed by atoms with Gasteiger partial charge in [0.15, 0.2) is 5.82 Å². The highest BCUT2D eigenvalue weighted by Crippen LogP contribution is 2.18. The molecule has 0 aliphatic carbocycles. The second-order valence-corrected chi connectivity index (χ2v) is 4.80. The van der Waals surface area contributed by atoms with Gasteiger partial charge in [0.2, 0.25) is 0 Å². The monoisotopic (exact) mass is 299 g/mol. The second kappa shape index (κ2) is 8.73. The van der Waals surface area contributed by atoms with Crippen LogP contribution in [-0.2, 0) is 0 Å². The summed E-state index contributed by atoms with van der Waals surface area (Å²) in [7, 11) is 0. The summed E-state index contributed by atoms with van der Waals surface area (Å²) in [4.78, 5) is 18.2. The van der Waals surface area contributed by atoms with Gasteiger partial charge in [-0.1, -0.05) is 25.4 Å². The number of halogens is 1. The molecule has 0 spiro atoms. The number of hydrogen-bond donors (Lipinski definition) is 3. The van der Waals surface area contributed by atoms with Crippen LogP contribution in [0.15, 0.2) is 12.3 Å². The van der Waals surface area contributed by atoms with Gasteiger partial charge in [-0.15, -0.1) is 0 Å². The maximum atomic E-state index is 11.9. The number of nitrogens with zero attached hydrogens (tertiary/aromatic N) is 2. The third-order valence-electron chi connectivity index (χ3n) is 2.94. The fraction of sp³-hybridized carbons (Fsp3) is 0.538. The van der Waals surface area contributed by atoms with Gasteiger partial charge in [0.05, 0.1) is 10.6 Å². The van der Waals surface area contributed by atoms with E-state index in [0.717, 1.165) is 26.1 Å². The van der Waals surface area contributed by atoms with Crippen LogP contribution in [0, 0.1) is 0 Å². The van der Waals surface area contributed by atoms with Gasteiger partial charge in [0, 0.05) is 19.3 Å². The summed E-state index contributed by atoms with van der Waals surface area (Å²) in [5.41, 5.74) is 2.78. The van der Waals surface area contributed by atoms with Crippen molar-refractivity contribution in [1.82, 2.24) is 15.2 Å². The molecule has 0 atom stereocenters. The molecule has 0 aliphatic rings. The van der Waals surface area contributed by atoms with Crippen molar-refractivity contribution < 1.29 is 4.79 Å². The highest BCUT2D eigenvalue weighted by molar-refractivity contribution is 6.33. The average Bonchev–Trinajstić information content (AvgIpc) is 2.46. The molecule has 0 bridgehead atoms. The standard InChI is InChI=1S/C13H22ClN5O/c1-3-6-19(4-2)7-5-16-13(20)10-8-11(14)12(18-15)17-9-10/h8-9H,3-7,15H2,1-2H3,(H,16,20)(H,17,18). The molecule has 1 rings (SSSR count). The van der Waals surface area contributed by atoms with E-state index in [9.17, 15) is 4.79 Å². The summed E-state index contributed by atoms with van der Waals surface area (Å²) in [6.45, 7) is 7.70. The molecule has 0 aliphatic heterocycles. The van der Waals surface area contributed by atoms with Crippen LogP contribution in [0.4, 0.5) is 5.82 Å². The van der Waals surface area contributed by atoms with E-state index in [1.165, 1.54) is 6.20 Å². The zero-order valence-electron chi connectivity index (χ0n) is 11.9. The third-order valence-corrected chi connectivity index (χ3v) is 3.23. The number of nitrogens with one attached hydrogen (secondary N) is 2. The predicted octanol–water partition coefficient (Wildman–Crippen LogP) is 1.48. The number of carbonyl (C=O) groups excluding carboxylic acids is 1. The summed E-state index contributed by atoms with van der Waals surface area (Å²) < 4.78 is 0. The first-order valence-electron chi connectivity index (χ1n) is 6.75. The van der Waals surface area contributed by atoms with Crippen LogP contribution in [0.1, 0.15) is 30.6 Å². The number of nitrogen functional groups attached to an aromatic ring is 1. The van der Waals surface area contributed by atoms with Crippen molar-refractivity contribution in [2.24, 2.45) is 5.84 Å². The number of nitrogens with two attached hydrogens (primary N) is 1. The van der Waals surface area contributed by atoms with E-state index in [0.29, 0.717) is 22.9 Å². The first-order valence-corrected chi connectivity index (χ1v) is 7.12. The molecule has 0 saturated carbocycles. The predicted molar refractivity (Wildman–Crippen MR) is 81.8 cm³/mol. The molecule has 112 valence electrons. The molecule has 20 heavy (non-hydrogen) atoms. The Labute approximate surface area is 124 Å². The van der Waals surface area contributed by atoms with Gasteiger partial charge in [-0.05, 0) is 25.6 Å². The van der Waals surface area contributed by atoms with Gasteiger partial charge in [-0.25, -0.2) is 10.8 Å². The minimum absolute atomic E-state index is 0.185. The smallest absolute Gasteiger partial charge is 0.252 e. The molecule has 1 heterocycles. The van der Waals surface area contributed by atoms with Gasteiger partial charge in [-0.3, -0.25) is 4.79 Å². The molecule has 4 N–H and O–H groups in total. The Balaban J connectivity index is 2.48. The molecule has 1 amide bonds. The molecule has 6 nitrogen and oxygen atoms in total. The van der Waals surface area contributed by atoms with Crippen LogP contribution in [0.3, 0.4) is 0 Å². The van der Waals surface area contributed by atoms with Crippen LogP contribution in [0.2, 0.25) is 5.02 Å². The molecule has 0 saturated heterocycles. The molecular formula is C13H22ClN5O. The van der Waals surface area contributed by atoms with Crippen LogP contribution in [-0.4, -0.2) is 42.0 Å². The maximum absolute atomic E-state index is 11.9. The van der Waals surface area contributed by atoms with Crippen molar-refractivity contribution in [3.63, 3.8) is 0 Å². The van der Waals surface area contributed by atoms with Crippen molar-refractivity contribution in [1.29, 1.82) is 0 Å². The largest absolute Gasteiger partial charge is 0.351 e. The van der Waals surface area contributed by atoms with E-state index >= 15 is 0 Å². The van der Waals surface area contributed by atoms with E-state index in [-0.39, 0.29) is 5.91 Å². The Morgan fingerprint density at radius 2 is 2.20 bits per heavy atom. The Morgan fingerprint density at radius 3 is 2.75 bits per heavy atom. The number of pyridine rings is 1. The van der Waals surface area contributed by atoms with E-state index in [4.69, 9.17) is 17.4 Å². The summed E-state index contributed by atoms with van der Waals surface area (Å²) in [6, 6.07) is 1.54. The lowest BCUT2D eigenvalue weighted by molar-refractivity contribution is 0.0948. The summed E-state index contributed by atoms with van der Waals surface area (Å²) in [6.07, 6.45) is 2.55. The number of hydrogen-bond acceptors (Lipinski definition) is 5. The van der Waals surface area contributed by atoms with Crippen LogP contribution >= 0.6 is 11.6 Å². The Bertz CT molecular complexity index is 441. The number of amides is 1. The SMILES string of the molecule is CCCN(CC)CCNC(=O)c1cnc(NN)c(Cl)c1. The van der Waals surface area contributed by atoms with Gasteiger partial charge in [-0.2, -0.15) is 0 Å². The average molecular weight is 300 g/mol. The minimum Gasteiger partial charge on any atom is -0.351 e. The van der Waals surface area contributed by atoms with Crippen molar-refractivity contribution in [3.8, 4) is 0 Å². The molecular weight excluding hydrogens is 278 g/mol. The normalized spacial score (nSPS) is 10.7. The molecule has 0 aromatic carbocycles. The Kier molecular flexibility index (Phi) is 7.28. The van der Waals surface area contributed by atoms with Gasteiger partial charge in [0.1, 0.15) is 0 Å². The van der Waals surface area contributed by atoms with Crippen molar-refractivity contribution in [2.75, 3.05) is 31.6 Å². The number of aromatic nitrogens is 1. The van der Waals surface area contributed by atoms with Crippen LogP contribution in [0.5, 0.6) is 0 Å². The zero-order valence-corrected chi connectivity index (χ0v) is 12.7. The number of anilines is 1. The van der Waals surface area contributed by atoms with Gasteiger partial charge >= 0.3 is 0 Å². The number of hydrazine groups is 1. The second-order valence-electron chi connectivity index (χ2n) is 4.39. The summed E-state index contributed by atoms with van der Waals surface area (Å²) >= 11 is 5.93. The topological polar surface area (TPSA) is 83.3 Å². The molecule has 7 heteroatoms. The number of carbonyl (C=O) groups is 1. The van der Waals surface area contributed by atoms with E-state index in [1.807, 2.05) is 0 Å². The fourth-order valence-corrected chi connectivity index (χ4v) is 2.06. The van der Waals surface area contributed by atoms with E-state index < -0.39 is 0 Å². The highest BCUT2D eigenvalue weighted by Gasteiger charge is 2.09. The van der Waals surface area contributed by atoms with Crippen LogP contribution < -0.4 is 16.6 Å². The molecule has 1 aromatic heterocycles. The molecule has 0 unspecified atom stereocenters. The summed E-state index contributed by atoms with van der Waals surface area (Å²) in [5.74, 6) is 5.40.